The molecule has 1 aromatic carbocycles. The van der Waals surface area contributed by atoms with Crippen LogP contribution in [0, 0.1) is 6.92 Å². The number of nitrogens with one attached hydrogen (secondary N) is 1. The van der Waals surface area contributed by atoms with Gasteiger partial charge in [-0.2, -0.15) is 0 Å². The molecule has 0 spiro atoms. The van der Waals surface area contributed by atoms with Crippen LogP contribution in [0.2, 0.25) is 0 Å². The van der Waals surface area contributed by atoms with E-state index in [1.54, 1.807) is 36.0 Å². The molecule has 3 rings (SSSR count). The van der Waals surface area contributed by atoms with Crippen molar-refractivity contribution in [1.29, 1.82) is 0 Å². The molecular weight excluding hydrogens is 336 g/mol. The Morgan fingerprint density at radius 2 is 2.36 bits per heavy atom. The van der Waals surface area contributed by atoms with Crippen molar-refractivity contribution in [3.63, 3.8) is 0 Å². The first-order valence-corrected chi connectivity index (χ1v) is 8.67. The molecule has 2 aromatic heterocycles. The largest absolute Gasteiger partial charge is 0.492 e. The summed E-state index contributed by atoms with van der Waals surface area (Å²) in [5, 5.41) is 5.70. The van der Waals surface area contributed by atoms with Gasteiger partial charge in [0.25, 0.3) is 0 Å². The number of ether oxygens (including phenoxy) is 1. The van der Waals surface area contributed by atoms with E-state index in [1.165, 1.54) is 6.08 Å². The van der Waals surface area contributed by atoms with Crippen molar-refractivity contribution >= 4 is 29.0 Å². The summed E-state index contributed by atoms with van der Waals surface area (Å²) in [5.41, 5.74) is 1.47. The highest BCUT2D eigenvalue weighted by Crippen LogP contribution is 2.17. The topological polar surface area (TPSA) is 69.0 Å². The number of carbonyl (C=O) groups excluding carboxylic acids is 1. The lowest BCUT2D eigenvalue weighted by Crippen LogP contribution is -2.09. The van der Waals surface area contributed by atoms with Crippen LogP contribution in [-0.2, 0) is 11.3 Å². The normalized spacial score (nSPS) is 10.9. The lowest BCUT2D eigenvalue weighted by Gasteiger charge is -2.08. The van der Waals surface area contributed by atoms with E-state index in [9.17, 15) is 4.79 Å². The summed E-state index contributed by atoms with van der Waals surface area (Å²) in [6, 6.07) is 7.32. The molecule has 0 atom stereocenters. The molecule has 0 radical (unpaired) electrons. The fourth-order valence-electron chi connectivity index (χ4n) is 2.15. The number of benzene rings is 1. The average molecular weight is 354 g/mol. The number of hydrogen-bond acceptors (Lipinski definition) is 5. The minimum atomic E-state index is -0.207. The Bertz CT molecular complexity index is 856. The molecule has 25 heavy (non-hydrogen) atoms. The first-order chi connectivity index (χ1) is 12.2. The van der Waals surface area contributed by atoms with Gasteiger partial charge in [0.05, 0.1) is 23.6 Å². The Morgan fingerprint density at radius 1 is 1.44 bits per heavy atom. The van der Waals surface area contributed by atoms with E-state index in [1.807, 2.05) is 41.3 Å². The first kappa shape index (κ1) is 16.9. The molecule has 0 saturated carbocycles. The standard InChI is InChI=1S/C18H18N4O2S/c1-14-20-16(12-25-14)5-6-18(23)21-15-3-2-4-17(11-15)24-10-9-22-8-7-19-13-22/h2-8,11-13H,9-10H2,1H3,(H,21,23). The van der Waals surface area contributed by atoms with Gasteiger partial charge < -0.3 is 14.6 Å². The summed E-state index contributed by atoms with van der Waals surface area (Å²) in [6.07, 6.45) is 8.54. The molecule has 6 nitrogen and oxygen atoms in total. The third-order valence-corrected chi connectivity index (χ3v) is 4.11. The summed E-state index contributed by atoms with van der Waals surface area (Å²) >= 11 is 1.55. The van der Waals surface area contributed by atoms with Crippen molar-refractivity contribution in [3.05, 3.63) is 65.1 Å². The monoisotopic (exact) mass is 354 g/mol. The number of aryl methyl sites for hydroxylation is 1. The molecule has 0 unspecified atom stereocenters. The molecule has 0 aliphatic rings. The fourth-order valence-corrected chi connectivity index (χ4v) is 2.73. The number of carbonyl (C=O) groups is 1. The molecule has 128 valence electrons. The lowest BCUT2D eigenvalue weighted by atomic mass is 10.3. The molecule has 0 aliphatic carbocycles. The minimum Gasteiger partial charge on any atom is -0.492 e. The second kappa shape index (κ2) is 8.25. The molecule has 0 bridgehead atoms. The predicted molar refractivity (Wildman–Crippen MR) is 98.7 cm³/mol. The average Bonchev–Trinajstić information content (AvgIpc) is 3.25. The highest BCUT2D eigenvalue weighted by molar-refractivity contribution is 7.09. The second-order valence-electron chi connectivity index (χ2n) is 5.29. The molecule has 0 aliphatic heterocycles. The number of hydrogen-bond donors (Lipinski definition) is 1. The zero-order valence-electron chi connectivity index (χ0n) is 13.8. The van der Waals surface area contributed by atoms with Gasteiger partial charge in [0.1, 0.15) is 12.4 Å². The minimum absolute atomic E-state index is 0.207. The predicted octanol–water partition coefficient (Wildman–Crippen LogP) is 3.38. The van der Waals surface area contributed by atoms with Gasteiger partial charge >= 0.3 is 0 Å². The summed E-state index contributed by atoms with van der Waals surface area (Å²) in [4.78, 5) is 20.3. The van der Waals surface area contributed by atoms with E-state index in [0.29, 0.717) is 24.6 Å². The van der Waals surface area contributed by atoms with Gasteiger partial charge in [0.15, 0.2) is 0 Å². The molecule has 1 amide bonds. The Hall–Kier alpha value is -2.93. The van der Waals surface area contributed by atoms with E-state index in [0.717, 1.165) is 10.7 Å². The quantitative estimate of drug-likeness (QED) is 0.661. The summed E-state index contributed by atoms with van der Waals surface area (Å²) in [6.45, 7) is 3.17. The van der Waals surface area contributed by atoms with Crippen LogP contribution in [0.3, 0.4) is 0 Å². The summed E-state index contributed by atoms with van der Waals surface area (Å²) in [7, 11) is 0. The molecule has 0 saturated heterocycles. The SMILES string of the molecule is Cc1nc(C=CC(=O)Nc2cccc(OCCn3ccnc3)c2)cs1. The fraction of sp³-hybridized carbons (Fsp3) is 0.167. The van der Waals surface area contributed by atoms with Crippen LogP contribution in [0.1, 0.15) is 10.7 Å². The van der Waals surface area contributed by atoms with E-state index >= 15 is 0 Å². The molecule has 0 fully saturated rings. The van der Waals surface area contributed by atoms with Crippen molar-refractivity contribution in [2.24, 2.45) is 0 Å². The zero-order chi connectivity index (χ0) is 17.5. The van der Waals surface area contributed by atoms with Crippen molar-refractivity contribution in [1.82, 2.24) is 14.5 Å². The number of rotatable bonds is 7. The van der Waals surface area contributed by atoms with Gasteiger partial charge in [-0.25, -0.2) is 9.97 Å². The van der Waals surface area contributed by atoms with Crippen molar-refractivity contribution in [2.75, 3.05) is 11.9 Å². The maximum atomic E-state index is 12.0. The molecule has 1 N–H and O–H groups in total. The number of nitrogens with zero attached hydrogens (tertiary/aromatic N) is 3. The maximum Gasteiger partial charge on any atom is 0.248 e. The van der Waals surface area contributed by atoms with Crippen molar-refractivity contribution in [2.45, 2.75) is 13.5 Å². The van der Waals surface area contributed by atoms with Gasteiger partial charge in [-0.3, -0.25) is 4.79 Å². The number of amides is 1. The van der Waals surface area contributed by atoms with Gasteiger partial charge in [-0.15, -0.1) is 11.3 Å². The van der Waals surface area contributed by atoms with Gasteiger partial charge in [-0.05, 0) is 25.1 Å². The Kier molecular flexibility index (Phi) is 5.58. The number of imidazole rings is 1. The van der Waals surface area contributed by atoms with E-state index in [4.69, 9.17) is 4.74 Å². The third kappa shape index (κ3) is 5.29. The molecule has 7 heteroatoms. The van der Waals surface area contributed by atoms with Crippen LogP contribution in [0.25, 0.3) is 6.08 Å². The third-order valence-electron chi connectivity index (χ3n) is 3.32. The highest BCUT2D eigenvalue weighted by Gasteiger charge is 2.01. The van der Waals surface area contributed by atoms with Crippen LogP contribution >= 0.6 is 11.3 Å². The zero-order valence-corrected chi connectivity index (χ0v) is 14.6. The lowest BCUT2D eigenvalue weighted by molar-refractivity contribution is -0.111. The van der Waals surface area contributed by atoms with Gasteiger partial charge in [0, 0.05) is 35.6 Å². The van der Waals surface area contributed by atoms with Crippen molar-refractivity contribution < 1.29 is 9.53 Å². The molecular formula is C18H18N4O2S. The van der Waals surface area contributed by atoms with E-state index < -0.39 is 0 Å². The number of thiazole rings is 1. The molecule has 3 aromatic rings. The van der Waals surface area contributed by atoms with Crippen molar-refractivity contribution in [3.8, 4) is 5.75 Å². The van der Waals surface area contributed by atoms with E-state index in [-0.39, 0.29) is 5.91 Å². The Labute approximate surface area is 149 Å². The highest BCUT2D eigenvalue weighted by atomic mass is 32.1. The van der Waals surface area contributed by atoms with E-state index in [2.05, 4.69) is 15.3 Å². The first-order valence-electron chi connectivity index (χ1n) is 7.79. The summed E-state index contributed by atoms with van der Waals surface area (Å²) < 4.78 is 7.65. The smallest absolute Gasteiger partial charge is 0.248 e. The number of aromatic nitrogens is 3. The summed E-state index contributed by atoms with van der Waals surface area (Å²) in [5.74, 6) is 0.498. The molecule has 2 heterocycles. The van der Waals surface area contributed by atoms with Crippen LogP contribution < -0.4 is 10.1 Å². The van der Waals surface area contributed by atoms with Crippen LogP contribution in [0.15, 0.2) is 54.4 Å². The van der Waals surface area contributed by atoms with Crippen LogP contribution in [-0.4, -0.2) is 27.0 Å². The Balaban J connectivity index is 1.52. The van der Waals surface area contributed by atoms with Crippen LogP contribution in [0.4, 0.5) is 5.69 Å². The van der Waals surface area contributed by atoms with Gasteiger partial charge in [-0.1, -0.05) is 6.07 Å². The second-order valence-corrected chi connectivity index (χ2v) is 6.35. The van der Waals surface area contributed by atoms with Crippen LogP contribution in [0.5, 0.6) is 5.75 Å². The number of anilines is 1. The maximum absolute atomic E-state index is 12.0. The Morgan fingerprint density at radius 3 is 3.12 bits per heavy atom. The van der Waals surface area contributed by atoms with Gasteiger partial charge in [0.2, 0.25) is 5.91 Å².